The first kappa shape index (κ1) is 12.8. The Labute approximate surface area is 105 Å². The second-order valence-electron chi connectivity index (χ2n) is 5.84. The van der Waals surface area contributed by atoms with Gasteiger partial charge in [-0.3, -0.25) is 0 Å². The zero-order chi connectivity index (χ0) is 13.2. The summed E-state index contributed by atoms with van der Waals surface area (Å²) < 4.78 is 29.6. The van der Waals surface area contributed by atoms with Gasteiger partial charge in [-0.15, -0.1) is 0 Å². The van der Waals surface area contributed by atoms with Crippen LogP contribution >= 0.6 is 11.6 Å². The lowest BCUT2D eigenvalue weighted by Crippen LogP contribution is -2.27. The maximum atomic E-state index is 14.0. The normalized spacial score (nSPS) is 27.3. The zero-order valence-electron chi connectivity index (χ0n) is 10.7. The van der Waals surface area contributed by atoms with Crippen LogP contribution in [0, 0.1) is 5.92 Å². The number of halogens is 3. The number of hydrogen-bond acceptors (Lipinski definition) is 1. The summed E-state index contributed by atoms with van der Waals surface area (Å²) in [6, 6.07) is 0. The van der Waals surface area contributed by atoms with Crippen molar-refractivity contribution in [2.75, 3.05) is 0 Å². The third kappa shape index (κ3) is 1.60. The van der Waals surface area contributed by atoms with E-state index < -0.39 is 11.8 Å². The van der Waals surface area contributed by atoms with Gasteiger partial charge in [0.05, 0.1) is 5.54 Å². The Morgan fingerprint density at radius 3 is 2.24 bits per heavy atom. The predicted octanol–water partition coefficient (Wildman–Crippen LogP) is 4.14. The van der Waals surface area contributed by atoms with Crippen molar-refractivity contribution in [3.05, 3.63) is 16.4 Å². The van der Waals surface area contributed by atoms with Gasteiger partial charge in [-0.1, -0.05) is 25.4 Å². The van der Waals surface area contributed by atoms with Crippen LogP contribution in [0.3, 0.4) is 0 Å². The van der Waals surface area contributed by atoms with Crippen LogP contribution in [0.2, 0.25) is 5.15 Å². The minimum atomic E-state index is -2.88. The first-order valence-corrected chi connectivity index (χ1v) is 6.13. The summed E-state index contributed by atoms with van der Waals surface area (Å²) in [5.41, 5.74) is -0.0167. The zero-order valence-corrected chi connectivity index (χ0v) is 11.4. The molecule has 0 bridgehead atoms. The second kappa shape index (κ2) is 3.44. The lowest BCUT2D eigenvalue weighted by atomic mass is 9.95. The highest BCUT2D eigenvalue weighted by atomic mass is 35.5. The second-order valence-corrected chi connectivity index (χ2v) is 6.19. The highest BCUT2D eigenvalue weighted by Gasteiger charge is 2.54. The smallest absolute Gasteiger partial charge is 0.248 e. The van der Waals surface area contributed by atoms with Crippen LogP contribution in [0.25, 0.3) is 0 Å². The summed E-state index contributed by atoms with van der Waals surface area (Å²) in [5, 5.41) is 4.40. The van der Waals surface area contributed by atoms with Gasteiger partial charge >= 0.3 is 0 Å². The predicted molar refractivity (Wildman–Crippen MR) is 63.7 cm³/mol. The van der Waals surface area contributed by atoms with Gasteiger partial charge in [-0.25, -0.2) is 4.68 Å². The number of fused-ring (bicyclic) bond motifs is 1. The fraction of sp³-hybridized carbons (Fsp3) is 0.750. The molecule has 0 saturated carbocycles. The molecule has 0 spiro atoms. The Hall–Kier alpha value is -0.640. The molecule has 5 heteroatoms. The van der Waals surface area contributed by atoms with E-state index in [1.807, 2.05) is 20.8 Å². The molecule has 0 aromatic carbocycles. The van der Waals surface area contributed by atoms with Crippen LogP contribution < -0.4 is 0 Å². The van der Waals surface area contributed by atoms with Crippen LogP contribution in [0.1, 0.15) is 51.8 Å². The van der Waals surface area contributed by atoms with Gasteiger partial charge < -0.3 is 0 Å². The molecular formula is C12H17ClF2N2. The van der Waals surface area contributed by atoms with E-state index in [0.29, 0.717) is 10.7 Å². The Balaban J connectivity index is 2.65. The first-order valence-electron chi connectivity index (χ1n) is 5.75. The maximum Gasteiger partial charge on any atom is 0.294 e. The number of rotatable bonds is 0. The van der Waals surface area contributed by atoms with E-state index >= 15 is 0 Å². The number of nitrogens with zero attached hydrogens (tertiary/aromatic N) is 2. The summed E-state index contributed by atoms with van der Waals surface area (Å²) in [4.78, 5) is 0. The molecule has 2 nitrogen and oxygen atoms in total. The molecule has 0 radical (unpaired) electrons. The van der Waals surface area contributed by atoms with Crippen molar-refractivity contribution >= 4 is 11.6 Å². The van der Waals surface area contributed by atoms with Crippen molar-refractivity contribution in [2.45, 2.75) is 52.0 Å². The van der Waals surface area contributed by atoms with Crippen LogP contribution in [0.4, 0.5) is 8.78 Å². The monoisotopic (exact) mass is 262 g/mol. The maximum absolute atomic E-state index is 14.0. The lowest BCUT2D eigenvalue weighted by Gasteiger charge is -2.23. The molecule has 0 fully saturated rings. The Morgan fingerprint density at radius 2 is 1.82 bits per heavy atom. The topological polar surface area (TPSA) is 17.8 Å². The average Bonchev–Trinajstić information content (AvgIpc) is 2.59. The molecule has 2 rings (SSSR count). The summed E-state index contributed by atoms with van der Waals surface area (Å²) in [5.74, 6) is -3.88. The fourth-order valence-electron chi connectivity index (χ4n) is 2.28. The summed E-state index contributed by atoms with van der Waals surface area (Å²) in [6.45, 7) is 9.02. The summed E-state index contributed by atoms with van der Waals surface area (Å²) >= 11 is 6.21. The van der Waals surface area contributed by atoms with Gasteiger partial charge in [0.15, 0.2) is 0 Å². The minimum absolute atomic E-state index is 0.141. The van der Waals surface area contributed by atoms with Crippen molar-refractivity contribution in [2.24, 2.45) is 5.92 Å². The van der Waals surface area contributed by atoms with Gasteiger partial charge in [0.25, 0.3) is 5.92 Å². The van der Waals surface area contributed by atoms with Gasteiger partial charge in [0.2, 0.25) is 0 Å². The molecule has 0 amide bonds. The third-order valence-electron chi connectivity index (χ3n) is 3.59. The molecule has 0 N–H and O–H groups in total. The largest absolute Gasteiger partial charge is 0.294 e. The minimum Gasteiger partial charge on any atom is -0.248 e. The standard InChI is InChI=1S/C12H17ClF2N2/c1-6-7(2)12(14,15)9-8(6)10(13)17(16-9)11(3,4)5/h6-7H,1-5H3/t6-,7+/m0/s1. The van der Waals surface area contributed by atoms with E-state index in [1.165, 1.54) is 4.68 Å². The molecule has 17 heavy (non-hydrogen) atoms. The summed E-state index contributed by atoms with van der Waals surface area (Å²) in [7, 11) is 0. The molecule has 96 valence electrons. The van der Waals surface area contributed by atoms with E-state index in [4.69, 9.17) is 11.6 Å². The molecule has 1 aliphatic carbocycles. The Bertz CT molecular complexity index is 460. The van der Waals surface area contributed by atoms with Crippen LogP contribution in [-0.2, 0) is 11.5 Å². The Morgan fingerprint density at radius 1 is 1.29 bits per heavy atom. The van der Waals surface area contributed by atoms with Gasteiger partial charge in [0.1, 0.15) is 10.8 Å². The van der Waals surface area contributed by atoms with Crippen molar-refractivity contribution in [1.29, 1.82) is 0 Å². The van der Waals surface area contributed by atoms with E-state index in [0.717, 1.165) is 0 Å². The molecule has 0 unspecified atom stereocenters. The van der Waals surface area contributed by atoms with Crippen LogP contribution in [0.5, 0.6) is 0 Å². The van der Waals surface area contributed by atoms with E-state index in [-0.39, 0.29) is 17.2 Å². The average molecular weight is 263 g/mol. The molecule has 1 aliphatic rings. The highest BCUT2D eigenvalue weighted by molar-refractivity contribution is 6.30. The number of aromatic nitrogens is 2. The number of hydrogen-bond donors (Lipinski definition) is 0. The lowest BCUT2D eigenvalue weighted by molar-refractivity contribution is -0.0562. The van der Waals surface area contributed by atoms with Crippen molar-refractivity contribution in [3.8, 4) is 0 Å². The quantitative estimate of drug-likeness (QED) is 0.687. The highest BCUT2D eigenvalue weighted by Crippen LogP contribution is 2.54. The first-order chi connectivity index (χ1) is 7.58. The molecule has 0 saturated heterocycles. The molecule has 1 aromatic heterocycles. The van der Waals surface area contributed by atoms with E-state index in [2.05, 4.69) is 5.10 Å². The molecule has 1 aromatic rings. The molecular weight excluding hydrogens is 246 g/mol. The molecule has 1 heterocycles. The van der Waals surface area contributed by atoms with E-state index in [9.17, 15) is 8.78 Å². The van der Waals surface area contributed by atoms with Crippen molar-refractivity contribution in [1.82, 2.24) is 9.78 Å². The number of alkyl halides is 2. The molecule has 0 aliphatic heterocycles. The Kier molecular flexibility index (Phi) is 2.59. The third-order valence-corrected chi connectivity index (χ3v) is 3.96. The SMILES string of the molecule is C[C@@H]1c2c(nn(C(C)(C)C)c2Cl)C(F)(F)[C@@H]1C. The van der Waals surface area contributed by atoms with Gasteiger partial charge in [0, 0.05) is 11.5 Å². The van der Waals surface area contributed by atoms with Crippen molar-refractivity contribution < 1.29 is 8.78 Å². The van der Waals surface area contributed by atoms with Crippen LogP contribution in [-0.4, -0.2) is 9.78 Å². The summed E-state index contributed by atoms with van der Waals surface area (Å²) in [6.07, 6.45) is 0. The fourth-order valence-corrected chi connectivity index (χ4v) is 2.84. The van der Waals surface area contributed by atoms with E-state index in [1.54, 1.807) is 13.8 Å². The van der Waals surface area contributed by atoms with Gasteiger partial charge in [-0.2, -0.15) is 13.9 Å². The molecule has 2 atom stereocenters. The van der Waals surface area contributed by atoms with Crippen LogP contribution in [0.15, 0.2) is 0 Å². The van der Waals surface area contributed by atoms with Crippen molar-refractivity contribution in [3.63, 3.8) is 0 Å². The van der Waals surface area contributed by atoms with Gasteiger partial charge in [-0.05, 0) is 26.7 Å².